The summed E-state index contributed by atoms with van der Waals surface area (Å²) in [4.78, 5) is 32.4. The zero-order chi connectivity index (χ0) is 23.5. The van der Waals surface area contributed by atoms with E-state index >= 15 is 0 Å². The Morgan fingerprint density at radius 2 is 0.929 bits per heavy atom. The number of aliphatic hydroxyl groups is 4. The number of hydrogen-bond acceptors (Lipinski definition) is 9. The van der Waals surface area contributed by atoms with Gasteiger partial charge in [0.15, 0.2) is 0 Å². The molecule has 0 saturated carbocycles. The lowest BCUT2D eigenvalue weighted by Crippen LogP contribution is -2.37. The van der Waals surface area contributed by atoms with Crippen molar-refractivity contribution in [2.75, 3.05) is 26.4 Å². The number of aliphatic hydroxyl groups excluding tert-OH is 4. The molecule has 0 aliphatic heterocycles. The van der Waals surface area contributed by atoms with E-state index in [2.05, 4.69) is 24.6 Å². The molecule has 0 spiro atoms. The molecule has 0 bridgehead atoms. The van der Waals surface area contributed by atoms with Crippen LogP contribution in [-0.4, -0.2) is 80.2 Å². The summed E-state index contributed by atoms with van der Waals surface area (Å²) in [6, 6.07) is 0. The highest BCUT2D eigenvalue weighted by molar-refractivity contribution is 5.86. The molecule has 0 aliphatic carbocycles. The van der Waals surface area contributed by atoms with Crippen LogP contribution >= 0.6 is 0 Å². The summed E-state index contributed by atoms with van der Waals surface area (Å²) in [5.74, 6) is -2.66. The molecule has 28 heavy (non-hydrogen) atoms. The van der Waals surface area contributed by atoms with Crippen LogP contribution in [0.5, 0.6) is 0 Å². The molecule has 11 nitrogen and oxygen atoms in total. The molecule has 0 aliphatic rings. The minimum absolute atomic E-state index is 0.176. The van der Waals surface area contributed by atoms with Gasteiger partial charge in [-0.2, -0.15) is 5.26 Å². The van der Waals surface area contributed by atoms with Crippen LogP contribution in [0.1, 0.15) is 20.8 Å². The highest BCUT2D eigenvalue weighted by Gasteiger charge is 2.26. The van der Waals surface area contributed by atoms with E-state index < -0.39 is 49.8 Å². The largest absolute Gasteiger partial charge is 0.478 e. The minimum Gasteiger partial charge on any atom is -0.478 e. The Kier molecular flexibility index (Phi) is 22.7. The van der Waals surface area contributed by atoms with Gasteiger partial charge in [0.1, 0.15) is 0 Å². The average Bonchev–Trinajstić information content (AvgIpc) is 2.64. The molecule has 7 N–H and O–H groups in total. The maximum atomic E-state index is 9.94. The van der Waals surface area contributed by atoms with Crippen molar-refractivity contribution in [2.45, 2.75) is 20.8 Å². The summed E-state index contributed by atoms with van der Waals surface area (Å²) in [6.07, 6.45) is 0. The molecule has 11 heteroatoms. The number of carbonyl (C=O) groups is 3. The number of carboxylic acid groups (broad SMARTS) is 2. The third kappa shape index (κ3) is 21.5. The van der Waals surface area contributed by atoms with Gasteiger partial charge in [-0.3, -0.25) is 4.89 Å². The van der Waals surface area contributed by atoms with Crippen molar-refractivity contribution in [2.24, 2.45) is 5.41 Å². The van der Waals surface area contributed by atoms with Crippen LogP contribution < -0.4 is 0 Å². The normalized spacial score (nSPS) is 9.00. The lowest BCUT2D eigenvalue weighted by molar-refractivity contribution is -0.229. The van der Waals surface area contributed by atoms with Gasteiger partial charge in [0, 0.05) is 16.7 Å². The fourth-order valence-corrected chi connectivity index (χ4v) is 0.378. The molecule has 0 radical (unpaired) electrons. The fraction of sp³-hybridized carbons (Fsp3) is 0.471. The zero-order valence-electron chi connectivity index (χ0n) is 16.2. The average molecular weight is 410 g/mol. The Balaban J connectivity index is -0.000000139. The van der Waals surface area contributed by atoms with Crippen LogP contribution in [0.3, 0.4) is 0 Å². The molecule has 0 aromatic heterocycles. The summed E-state index contributed by atoms with van der Waals surface area (Å²) >= 11 is 0. The molecule has 164 valence electrons. The van der Waals surface area contributed by atoms with Gasteiger partial charge in [-0.15, -0.1) is 0 Å². The quantitative estimate of drug-likeness (QED) is 0.166. The van der Waals surface area contributed by atoms with Crippen LogP contribution in [-0.2, 0) is 19.3 Å². The summed E-state index contributed by atoms with van der Waals surface area (Å²) < 4.78 is 0. The second-order valence-electron chi connectivity index (χ2n) is 5.46. The van der Waals surface area contributed by atoms with Gasteiger partial charge in [0.25, 0.3) is 0 Å². The molecule has 0 amide bonds. The molecule has 0 unspecified atom stereocenters. The van der Waals surface area contributed by atoms with E-state index in [0.717, 1.165) is 0 Å². The summed E-state index contributed by atoms with van der Waals surface area (Å²) in [6.45, 7) is 12.2. The van der Waals surface area contributed by atoms with E-state index in [1.807, 2.05) is 0 Å². The minimum atomic E-state index is -1.11. The van der Waals surface area contributed by atoms with Crippen LogP contribution in [0.25, 0.3) is 0 Å². The third-order valence-electron chi connectivity index (χ3n) is 2.50. The van der Waals surface area contributed by atoms with Crippen molar-refractivity contribution in [3.8, 4) is 0 Å². The van der Waals surface area contributed by atoms with Crippen molar-refractivity contribution in [3.05, 3.63) is 36.5 Å². The highest BCUT2D eigenvalue weighted by Crippen LogP contribution is 2.11. The molecule has 0 heterocycles. The number of aliphatic carboxylic acids is 2. The smallest absolute Gasteiger partial charge is 0.367 e. The molecular weight excluding hydrogens is 380 g/mol. The lowest BCUT2D eigenvalue weighted by Gasteiger charge is -2.23. The predicted molar refractivity (Wildman–Crippen MR) is 99.2 cm³/mol. The van der Waals surface area contributed by atoms with E-state index in [9.17, 15) is 14.4 Å². The summed E-state index contributed by atoms with van der Waals surface area (Å²) in [5, 5.41) is 57.4. The lowest BCUT2D eigenvalue weighted by atomic mass is 9.93. The SMILES string of the molecule is C=C(C)C(=O)O.C=C(C)C(=O)O.C=C(C)C(=O)OO.OCC(CO)(CO)CO. The Bertz CT molecular complexity index is 454. The number of carbonyl (C=O) groups excluding carboxylic acids is 1. The molecule has 0 saturated heterocycles. The second kappa shape index (κ2) is 19.2. The van der Waals surface area contributed by atoms with Gasteiger partial charge in [-0.25, -0.2) is 14.4 Å². The Morgan fingerprint density at radius 1 is 0.714 bits per heavy atom. The molecule has 0 aromatic carbocycles. The first-order valence-electron chi connectivity index (χ1n) is 7.44. The summed E-state index contributed by atoms with van der Waals surface area (Å²) in [5.41, 5.74) is -0.576. The number of rotatable bonds is 7. The Labute approximate surface area is 163 Å². The number of hydrogen-bond donors (Lipinski definition) is 7. The second-order valence-corrected chi connectivity index (χ2v) is 5.46. The van der Waals surface area contributed by atoms with Crippen molar-refractivity contribution in [1.82, 2.24) is 0 Å². The van der Waals surface area contributed by atoms with Crippen LogP contribution in [0.15, 0.2) is 36.5 Å². The maximum Gasteiger partial charge on any atom is 0.367 e. The standard InChI is InChI=1S/C5H12O4.C4H6O3.2C4H6O2/c6-1-5(2-7,3-8)4-9;1-3(2)4(5)7-6;2*1-3(2)4(5)6/h6-9H,1-4H2;6H,1H2,2H3;2*1H2,2H3,(H,5,6). The third-order valence-corrected chi connectivity index (χ3v) is 2.50. The highest BCUT2D eigenvalue weighted by atomic mass is 17.1. The Hall–Kier alpha value is -2.57. The zero-order valence-corrected chi connectivity index (χ0v) is 16.2. The van der Waals surface area contributed by atoms with Gasteiger partial charge in [0.05, 0.1) is 31.8 Å². The fourth-order valence-electron chi connectivity index (χ4n) is 0.378. The van der Waals surface area contributed by atoms with Crippen LogP contribution in [0.4, 0.5) is 0 Å². The van der Waals surface area contributed by atoms with Gasteiger partial charge < -0.3 is 30.6 Å². The van der Waals surface area contributed by atoms with Gasteiger partial charge in [-0.1, -0.05) is 19.7 Å². The van der Waals surface area contributed by atoms with E-state index in [1.54, 1.807) is 0 Å². The summed E-state index contributed by atoms with van der Waals surface area (Å²) in [7, 11) is 0. The van der Waals surface area contributed by atoms with E-state index in [1.165, 1.54) is 20.8 Å². The Morgan fingerprint density at radius 3 is 0.929 bits per heavy atom. The van der Waals surface area contributed by atoms with E-state index in [-0.39, 0.29) is 16.7 Å². The molecule has 0 aromatic rings. The maximum absolute atomic E-state index is 9.94. The van der Waals surface area contributed by atoms with E-state index in [0.29, 0.717) is 0 Å². The van der Waals surface area contributed by atoms with Gasteiger partial charge >= 0.3 is 17.9 Å². The molecular formula is C17H30O11. The van der Waals surface area contributed by atoms with Crippen LogP contribution in [0.2, 0.25) is 0 Å². The van der Waals surface area contributed by atoms with Crippen molar-refractivity contribution in [3.63, 3.8) is 0 Å². The van der Waals surface area contributed by atoms with E-state index in [4.69, 9.17) is 35.9 Å². The predicted octanol–water partition coefficient (Wildman–Crippen LogP) is -0.185. The van der Waals surface area contributed by atoms with Crippen molar-refractivity contribution in [1.29, 1.82) is 0 Å². The first kappa shape index (κ1) is 33.0. The van der Waals surface area contributed by atoms with Crippen LogP contribution in [0, 0.1) is 5.41 Å². The number of carboxylic acids is 2. The molecule has 0 atom stereocenters. The molecule has 0 rings (SSSR count). The van der Waals surface area contributed by atoms with Crippen molar-refractivity contribution < 1.29 is 55.2 Å². The van der Waals surface area contributed by atoms with Gasteiger partial charge in [0.2, 0.25) is 0 Å². The molecule has 0 fully saturated rings. The monoisotopic (exact) mass is 410 g/mol. The topological polar surface area (TPSA) is 202 Å². The van der Waals surface area contributed by atoms with Gasteiger partial charge in [-0.05, 0) is 20.8 Å². The van der Waals surface area contributed by atoms with Crippen molar-refractivity contribution >= 4 is 17.9 Å². The first-order chi connectivity index (χ1) is 12.7. The first-order valence-corrected chi connectivity index (χ1v) is 7.44.